The van der Waals surface area contributed by atoms with Crippen molar-refractivity contribution in [2.24, 2.45) is 0 Å². The number of anilines is 2. The molecule has 0 aliphatic heterocycles. The summed E-state index contributed by atoms with van der Waals surface area (Å²) >= 11 is -1.36. The third-order valence-corrected chi connectivity index (χ3v) is 4.32. The minimum Gasteiger partial charge on any atom is -0.612 e. The van der Waals surface area contributed by atoms with E-state index in [1.165, 1.54) is 18.4 Å². The molecule has 0 unspecified atom stereocenters. The molecule has 0 fully saturated rings. The second-order valence-corrected chi connectivity index (χ2v) is 6.97. The van der Waals surface area contributed by atoms with Crippen LogP contribution in [0.5, 0.6) is 5.75 Å². The molecule has 0 saturated carbocycles. The quantitative estimate of drug-likeness (QED) is 0.682. The van der Waals surface area contributed by atoms with Gasteiger partial charge in [0.2, 0.25) is 5.95 Å². The number of hydrogen-bond donors (Lipinski definition) is 1. The second-order valence-electron chi connectivity index (χ2n) is 5.59. The summed E-state index contributed by atoms with van der Waals surface area (Å²) in [5.41, 5.74) is 1.82. The number of aromatic nitrogens is 3. The highest BCUT2D eigenvalue weighted by Crippen LogP contribution is 2.31. The summed E-state index contributed by atoms with van der Waals surface area (Å²) in [6.07, 6.45) is -1.28. The zero-order valence-electron chi connectivity index (χ0n) is 13.9. The van der Waals surface area contributed by atoms with Crippen LogP contribution in [0.15, 0.2) is 41.4 Å². The lowest BCUT2D eigenvalue weighted by Crippen LogP contribution is -2.19. The molecule has 2 heterocycles. The van der Waals surface area contributed by atoms with E-state index in [-0.39, 0.29) is 17.4 Å². The summed E-state index contributed by atoms with van der Waals surface area (Å²) in [7, 11) is 0. The Hall–Kier alpha value is -2.46. The van der Waals surface area contributed by atoms with Crippen molar-refractivity contribution in [3.63, 3.8) is 0 Å². The summed E-state index contributed by atoms with van der Waals surface area (Å²) in [6, 6.07) is 7.98. The third kappa shape index (κ3) is 4.38. The summed E-state index contributed by atoms with van der Waals surface area (Å²) in [4.78, 5) is 4.61. The van der Waals surface area contributed by atoms with Crippen LogP contribution >= 0.6 is 0 Å². The van der Waals surface area contributed by atoms with E-state index in [1.54, 1.807) is 22.8 Å². The third-order valence-electron chi connectivity index (χ3n) is 3.40. The Labute approximate surface area is 150 Å². The predicted molar refractivity (Wildman–Crippen MR) is 91.3 cm³/mol. The lowest BCUT2D eigenvalue weighted by atomic mass is 10.3. The van der Waals surface area contributed by atoms with Gasteiger partial charge in [-0.1, -0.05) is 6.07 Å². The molecular formula is C16H15F3N4O2S. The Kier molecular flexibility index (Phi) is 4.97. The number of halogens is 3. The minimum absolute atomic E-state index is 0.0786. The first kappa shape index (κ1) is 18.3. The molecule has 1 N–H and O–H groups in total. The molecule has 10 heteroatoms. The summed E-state index contributed by atoms with van der Waals surface area (Å²) in [5.74, 6) is 0.128. The normalized spacial score (nSPS) is 13.0. The van der Waals surface area contributed by atoms with Crippen molar-refractivity contribution in [3.8, 4) is 5.75 Å². The van der Waals surface area contributed by atoms with Crippen molar-refractivity contribution in [2.45, 2.75) is 18.0 Å². The van der Waals surface area contributed by atoms with Crippen molar-refractivity contribution < 1.29 is 22.5 Å². The summed E-state index contributed by atoms with van der Waals surface area (Å²) < 4.78 is 55.5. The van der Waals surface area contributed by atoms with Crippen LogP contribution in [0.1, 0.15) is 5.56 Å². The van der Waals surface area contributed by atoms with Crippen LogP contribution in [0.3, 0.4) is 0 Å². The van der Waals surface area contributed by atoms with Crippen molar-refractivity contribution in [1.82, 2.24) is 14.6 Å². The first-order valence-corrected chi connectivity index (χ1v) is 9.04. The number of ether oxygens (including phenoxy) is 1. The summed E-state index contributed by atoms with van der Waals surface area (Å²) in [5, 5.41) is 7.08. The Morgan fingerprint density at radius 1 is 1.27 bits per heavy atom. The SMILES string of the molecule is Cc1ccc2nc(Nc3ccc([S@@+](C)[O-])cc3OCC(F)(F)F)nn2c1. The first-order chi connectivity index (χ1) is 12.2. The summed E-state index contributed by atoms with van der Waals surface area (Å²) in [6.45, 7) is 0.445. The number of benzene rings is 1. The van der Waals surface area contributed by atoms with E-state index in [0.717, 1.165) is 5.56 Å². The fraction of sp³-hybridized carbons (Fsp3) is 0.250. The molecule has 0 spiro atoms. The van der Waals surface area contributed by atoms with E-state index in [9.17, 15) is 17.7 Å². The van der Waals surface area contributed by atoms with Gasteiger partial charge in [-0.15, -0.1) is 5.10 Å². The van der Waals surface area contributed by atoms with Gasteiger partial charge in [0.1, 0.15) is 12.0 Å². The number of fused-ring (bicyclic) bond motifs is 1. The van der Waals surface area contributed by atoms with E-state index in [4.69, 9.17) is 4.74 Å². The maximum absolute atomic E-state index is 12.5. The number of nitrogens with one attached hydrogen (secondary N) is 1. The molecule has 6 nitrogen and oxygen atoms in total. The number of hydrogen-bond acceptors (Lipinski definition) is 5. The number of rotatable bonds is 5. The highest BCUT2D eigenvalue weighted by molar-refractivity contribution is 7.90. The van der Waals surface area contributed by atoms with Crippen LogP contribution in [0.4, 0.5) is 24.8 Å². The molecule has 1 aromatic carbocycles. The maximum atomic E-state index is 12.5. The maximum Gasteiger partial charge on any atom is 0.422 e. The molecule has 0 aliphatic rings. The zero-order valence-corrected chi connectivity index (χ0v) is 14.7. The molecule has 26 heavy (non-hydrogen) atoms. The molecule has 0 saturated heterocycles. The molecule has 2 aromatic heterocycles. The molecule has 0 amide bonds. The zero-order chi connectivity index (χ0) is 18.9. The van der Waals surface area contributed by atoms with Crippen molar-refractivity contribution >= 4 is 28.5 Å². The van der Waals surface area contributed by atoms with E-state index >= 15 is 0 Å². The molecule has 0 bridgehead atoms. The first-order valence-electron chi connectivity index (χ1n) is 7.48. The fourth-order valence-corrected chi connectivity index (χ4v) is 2.76. The van der Waals surface area contributed by atoms with Crippen LogP contribution in [0.2, 0.25) is 0 Å². The van der Waals surface area contributed by atoms with Gasteiger partial charge in [0.15, 0.2) is 17.1 Å². The van der Waals surface area contributed by atoms with Crippen molar-refractivity contribution in [3.05, 3.63) is 42.1 Å². The standard InChI is InChI=1S/C16H15F3N4O2S/c1-10-3-6-14-21-15(22-23(14)8-10)20-12-5-4-11(26(2)24)7-13(12)25-9-16(17,18)19/h3-8H,9H2,1-2H3,(H,20,22)/t26-/m1/s1. The lowest BCUT2D eigenvalue weighted by Gasteiger charge is -2.14. The van der Waals surface area contributed by atoms with Gasteiger partial charge in [0.05, 0.1) is 5.69 Å². The molecule has 1 atom stereocenters. The van der Waals surface area contributed by atoms with E-state index in [0.29, 0.717) is 10.5 Å². The van der Waals surface area contributed by atoms with Gasteiger partial charge in [-0.3, -0.25) is 0 Å². The van der Waals surface area contributed by atoms with Crippen LogP contribution in [-0.2, 0) is 11.2 Å². The average Bonchev–Trinajstić information content (AvgIpc) is 2.94. The second kappa shape index (κ2) is 7.04. The topological polar surface area (TPSA) is 74.5 Å². The fourth-order valence-electron chi connectivity index (χ4n) is 2.22. The van der Waals surface area contributed by atoms with Gasteiger partial charge in [0.25, 0.3) is 0 Å². The van der Waals surface area contributed by atoms with Crippen LogP contribution in [-0.4, -0.2) is 38.2 Å². The molecule has 3 rings (SSSR count). The molecule has 0 radical (unpaired) electrons. The van der Waals surface area contributed by atoms with Gasteiger partial charge in [-0.05, 0) is 41.9 Å². The lowest BCUT2D eigenvalue weighted by molar-refractivity contribution is -0.153. The van der Waals surface area contributed by atoms with Crippen LogP contribution in [0.25, 0.3) is 5.65 Å². The smallest absolute Gasteiger partial charge is 0.422 e. The predicted octanol–water partition coefficient (Wildman–Crippen LogP) is 3.46. The highest BCUT2D eigenvalue weighted by Gasteiger charge is 2.29. The number of pyridine rings is 1. The number of alkyl halides is 3. The van der Waals surface area contributed by atoms with E-state index in [1.807, 2.05) is 13.0 Å². The molecule has 3 aromatic rings. The van der Waals surface area contributed by atoms with Crippen LogP contribution < -0.4 is 10.1 Å². The monoisotopic (exact) mass is 384 g/mol. The van der Waals surface area contributed by atoms with Crippen molar-refractivity contribution in [1.29, 1.82) is 0 Å². The van der Waals surface area contributed by atoms with Crippen LogP contribution in [0, 0.1) is 6.92 Å². The Balaban J connectivity index is 1.91. The Morgan fingerprint density at radius 3 is 2.73 bits per heavy atom. The van der Waals surface area contributed by atoms with Gasteiger partial charge in [-0.25, -0.2) is 4.52 Å². The van der Waals surface area contributed by atoms with Crippen molar-refractivity contribution in [2.75, 3.05) is 18.2 Å². The van der Waals surface area contributed by atoms with Gasteiger partial charge < -0.3 is 14.6 Å². The van der Waals surface area contributed by atoms with Gasteiger partial charge in [-0.2, -0.15) is 18.2 Å². The minimum atomic E-state index is -4.49. The Morgan fingerprint density at radius 2 is 2.04 bits per heavy atom. The van der Waals surface area contributed by atoms with E-state index < -0.39 is 24.0 Å². The molecule has 138 valence electrons. The largest absolute Gasteiger partial charge is 0.612 e. The molecular weight excluding hydrogens is 369 g/mol. The Bertz CT molecular complexity index is 927. The highest BCUT2D eigenvalue weighted by atomic mass is 32.2. The van der Waals surface area contributed by atoms with Gasteiger partial charge in [0, 0.05) is 12.3 Å². The number of nitrogens with zero attached hydrogens (tertiary/aromatic N) is 3. The van der Waals surface area contributed by atoms with Gasteiger partial charge >= 0.3 is 6.18 Å². The van der Waals surface area contributed by atoms with E-state index in [2.05, 4.69) is 15.4 Å². The molecule has 0 aliphatic carbocycles. The average molecular weight is 384 g/mol. The number of aryl methyl sites for hydroxylation is 1.